The summed E-state index contributed by atoms with van der Waals surface area (Å²) in [5.41, 5.74) is 1.93. The van der Waals surface area contributed by atoms with Crippen molar-refractivity contribution in [2.75, 3.05) is 18.1 Å². The second-order valence-electron chi connectivity index (χ2n) is 6.83. The van der Waals surface area contributed by atoms with Gasteiger partial charge in [-0.05, 0) is 30.5 Å². The molecule has 2 unspecified atom stereocenters. The molecule has 0 radical (unpaired) electrons. The number of rotatable bonds is 4. The lowest BCUT2D eigenvalue weighted by Gasteiger charge is -2.35. The highest BCUT2D eigenvalue weighted by molar-refractivity contribution is 7.91. The van der Waals surface area contributed by atoms with E-state index in [9.17, 15) is 18.0 Å². The number of amides is 2. The van der Waals surface area contributed by atoms with Gasteiger partial charge in [-0.2, -0.15) is 0 Å². The number of hydrogen-bond donors (Lipinski definition) is 0. The van der Waals surface area contributed by atoms with Gasteiger partial charge in [0.25, 0.3) is 0 Å². The Morgan fingerprint density at radius 1 is 1.27 bits per heavy atom. The molecule has 2 aliphatic heterocycles. The molecular weight excluding hydrogens is 352 g/mol. The Hall–Kier alpha value is -2.15. The maximum atomic E-state index is 13.0. The van der Waals surface area contributed by atoms with Crippen LogP contribution in [0.3, 0.4) is 0 Å². The van der Waals surface area contributed by atoms with Crippen LogP contribution in [0.25, 0.3) is 6.08 Å². The first kappa shape index (κ1) is 18.6. The number of carbonyl (C=O) groups excluding carboxylic acids is 2. The molecule has 7 heteroatoms. The van der Waals surface area contributed by atoms with Crippen LogP contribution in [0.5, 0.6) is 0 Å². The lowest BCUT2D eigenvalue weighted by atomic mass is 9.93. The fraction of sp³-hybridized carbons (Fsp3) is 0.474. The van der Waals surface area contributed by atoms with Gasteiger partial charge in [0.05, 0.1) is 24.0 Å². The van der Waals surface area contributed by atoms with E-state index in [1.807, 2.05) is 37.3 Å². The summed E-state index contributed by atoms with van der Waals surface area (Å²) in [5.74, 6) is -0.0730. The van der Waals surface area contributed by atoms with Crippen molar-refractivity contribution >= 4 is 27.7 Å². The van der Waals surface area contributed by atoms with Crippen LogP contribution in [-0.4, -0.2) is 54.1 Å². The smallest absolute Gasteiger partial charge is 0.225 e. The van der Waals surface area contributed by atoms with E-state index in [2.05, 4.69) is 0 Å². The number of benzene rings is 1. The van der Waals surface area contributed by atoms with Crippen LogP contribution in [0.15, 0.2) is 30.5 Å². The minimum absolute atomic E-state index is 0.0319. The topological polar surface area (TPSA) is 74.8 Å². The molecule has 0 saturated carbocycles. The van der Waals surface area contributed by atoms with E-state index in [1.165, 1.54) is 6.92 Å². The van der Waals surface area contributed by atoms with Crippen molar-refractivity contribution in [2.45, 2.75) is 38.8 Å². The van der Waals surface area contributed by atoms with E-state index in [1.54, 1.807) is 16.0 Å². The van der Waals surface area contributed by atoms with Crippen LogP contribution in [0.2, 0.25) is 0 Å². The Morgan fingerprint density at radius 3 is 2.62 bits per heavy atom. The highest BCUT2D eigenvalue weighted by Crippen LogP contribution is 2.33. The molecule has 3 rings (SSSR count). The zero-order valence-corrected chi connectivity index (χ0v) is 15.9. The highest BCUT2D eigenvalue weighted by Gasteiger charge is 2.36. The molecule has 1 fully saturated rings. The van der Waals surface area contributed by atoms with Gasteiger partial charge in [0.2, 0.25) is 11.8 Å². The Bertz CT molecular complexity index is 847. The molecule has 2 atom stereocenters. The van der Waals surface area contributed by atoms with Gasteiger partial charge in [-0.15, -0.1) is 0 Å². The molecule has 0 bridgehead atoms. The second kappa shape index (κ2) is 7.23. The number of hydrogen-bond acceptors (Lipinski definition) is 4. The molecule has 6 nitrogen and oxygen atoms in total. The predicted octanol–water partition coefficient (Wildman–Crippen LogP) is 1.99. The average molecular weight is 376 g/mol. The minimum Gasteiger partial charge on any atom is -0.339 e. The van der Waals surface area contributed by atoms with Crippen molar-refractivity contribution in [3.05, 3.63) is 41.6 Å². The van der Waals surface area contributed by atoms with Gasteiger partial charge in [-0.3, -0.25) is 9.59 Å². The minimum atomic E-state index is -3.06. The maximum Gasteiger partial charge on any atom is 0.225 e. The van der Waals surface area contributed by atoms with Crippen LogP contribution in [0.1, 0.15) is 43.9 Å². The molecule has 1 saturated heterocycles. The quantitative estimate of drug-likeness (QED) is 0.805. The van der Waals surface area contributed by atoms with Crippen molar-refractivity contribution in [1.29, 1.82) is 0 Å². The van der Waals surface area contributed by atoms with Gasteiger partial charge in [0.1, 0.15) is 0 Å². The molecule has 140 valence electrons. The number of carbonyl (C=O) groups is 2. The molecule has 2 heterocycles. The zero-order chi connectivity index (χ0) is 18.9. The number of sulfone groups is 1. The molecule has 0 N–H and O–H groups in total. The van der Waals surface area contributed by atoms with E-state index >= 15 is 0 Å². The Balaban J connectivity index is 1.84. The summed E-state index contributed by atoms with van der Waals surface area (Å²) in [6.45, 7) is 3.81. The van der Waals surface area contributed by atoms with Crippen LogP contribution in [-0.2, 0) is 19.4 Å². The third kappa shape index (κ3) is 3.67. The van der Waals surface area contributed by atoms with Crippen molar-refractivity contribution < 1.29 is 18.0 Å². The van der Waals surface area contributed by atoms with Crippen molar-refractivity contribution in [3.63, 3.8) is 0 Å². The van der Waals surface area contributed by atoms with Gasteiger partial charge >= 0.3 is 0 Å². The van der Waals surface area contributed by atoms with Gasteiger partial charge in [-0.25, -0.2) is 8.42 Å². The van der Waals surface area contributed by atoms with Gasteiger partial charge < -0.3 is 9.80 Å². The SMILES string of the molecule is CCN(C(=O)CC1c2ccccc2C=CN1C(C)=O)C1CCS(=O)(=O)C1. The summed E-state index contributed by atoms with van der Waals surface area (Å²) in [6, 6.07) is 7.08. The van der Waals surface area contributed by atoms with E-state index in [4.69, 9.17) is 0 Å². The van der Waals surface area contributed by atoms with Crippen molar-refractivity contribution in [2.24, 2.45) is 0 Å². The Morgan fingerprint density at radius 2 is 2.00 bits per heavy atom. The molecular formula is C19H24N2O4S. The van der Waals surface area contributed by atoms with Crippen LogP contribution < -0.4 is 0 Å². The van der Waals surface area contributed by atoms with E-state index < -0.39 is 9.84 Å². The van der Waals surface area contributed by atoms with E-state index in [0.29, 0.717) is 13.0 Å². The second-order valence-corrected chi connectivity index (χ2v) is 9.06. The standard InChI is InChI=1S/C19H24N2O4S/c1-3-20(16-9-11-26(24,25)13-16)19(23)12-18-17-7-5-4-6-15(17)8-10-21(18)14(2)22/h4-8,10,16,18H,3,9,11-13H2,1-2H3. The number of fused-ring (bicyclic) bond motifs is 1. The molecule has 26 heavy (non-hydrogen) atoms. The molecule has 0 aliphatic carbocycles. The average Bonchev–Trinajstić information content (AvgIpc) is 2.95. The molecule has 2 amide bonds. The zero-order valence-electron chi connectivity index (χ0n) is 15.1. The first-order valence-corrected chi connectivity index (χ1v) is 10.7. The molecule has 1 aromatic carbocycles. The first-order valence-electron chi connectivity index (χ1n) is 8.88. The molecule has 2 aliphatic rings. The summed E-state index contributed by atoms with van der Waals surface area (Å²) in [6.07, 6.45) is 4.22. The van der Waals surface area contributed by atoms with Crippen molar-refractivity contribution in [3.8, 4) is 0 Å². The van der Waals surface area contributed by atoms with E-state index in [-0.39, 0.29) is 41.8 Å². The first-order chi connectivity index (χ1) is 12.3. The van der Waals surface area contributed by atoms with Gasteiger partial charge in [-0.1, -0.05) is 24.3 Å². The largest absolute Gasteiger partial charge is 0.339 e. The lowest BCUT2D eigenvalue weighted by molar-refractivity contribution is -0.135. The Kier molecular flexibility index (Phi) is 5.18. The summed E-state index contributed by atoms with van der Waals surface area (Å²) in [7, 11) is -3.06. The third-order valence-electron chi connectivity index (χ3n) is 5.15. The fourth-order valence-electron chi connectivity index (χ4n) is 3.86. The maximum absolute atomic E-state index is 13.0. The summed E-state index contributed by atoms with van der Waals surface area (Å²) in [4.78, 5) is 28.3. The van der Waals surface area contributed by atoms with E-state index in [0.717, 1.165) is 11.1 Å². The van der Waals surface area contributed by atoms with Crippen LogP contribution in [0.4, 0.5) is 0 Å². The monoisotopic (exact) mass is 376 g/mol. The van der Waals surface area contributed by atoms with Crippen LogP contribution in [0, 0.1) is 0 Å². The summed E-state index contributed by atoms with van der Waals surface area (Å²) >= 11 is 0. The molecule has 0 spiro atoms. The summed E-state index contributed by atoms with van der Waals surface area (Å²) < 4.78 is 23.6. The molecule has 0 aromatic heterocycles. The lowest BCUT2D eigenvalue weighted by Crippen LogP contribution is -2.43. The van der Waals surface area contributed by atoms with Gasteiger partial charge in [0, 0.05) is 25.7 Å². The van der Waals surface area contributed by atoms with Crippen molar-refractivity contribution in [1.82, 2.24) is 9.80 Å². The highest BCUT2D eigenvalue weighted by atomic mass is 32.2. The predicted molar refractivity (Wildman–Crippen MR) is 99.8 cm³/mol. The fourth-order valence-corrected chi connectivity index (χ4v) is 5.59. The normalized spacial score (nSPS) is 23.5. The summed E-state index contributed by atoms with van der Waals surface area (Å²) in [5, 5.41) is 0. The van der Waals surface area contributed by atoms with Gasteiger partial charge in [0.15, 0.2) is 9.84 Å². The number of nitrogens with zero attached hydrogens (tertiary/aromatic N) is 2. The van der Waals surface area contributed by atoms with Crippen LogP contribution >= 0.6 is 0 Å². The molecule has 1 aromatic rings. The Labute approximate surface area is 154 Å². The third-order valence-corrected chi connectivity index (χ3v) is 6.90.